The van der Waals surface area contributed by atoms with Gasteiger partial charge in [-0.25, -0.2) is 4.98 Å². The SMILES string of the molecule is Cc1cccc(CNc2nccc(N3CCN(C(=O)c4ccco4)CC3)n2)c1. The maximum atomic E-state index is 12.4. The molecule has 1 aliphatic rings. The predicted molar refractivity (Wildman–Crippen MR) is 107 cm³/mol. The summed E-state index contributed by atoms with van der Waals surface area (Å²) in [7, 11) is 0. The van der Waals surface area contributed by atoms with Crippen LogP contribution in [-0.2, 0) is 6.54 Å². The Labute approximate surface area is 164 Å². The molecule has 144 valence electrons. The number of aryl methyl sites for hydroxylation is 1. The van der Waals surface area contributed by atoms with Crippen molar-refractivity contribution in [3.63, 3.8) is 0 Å². The molecule has 0 radical (unpaired) electrons. The third kappa shape index (κ3) is 4.14. The average molecular weight is 377 g/mol. The molecule has 4 rings (SSSR count). The highest BCUT2D eigenvalue weighted by molar-refractivity contribution is 5.91. The maximum absolute atomic E-state index is 12.4. The third-order valence-corrected chi connectivity index (χ3v) is 4.80. The highest BCUT2D eigenvalue weighted by Crippen LogP contribution is 2.17. The Hall–Kier alpha value is -3.35. The lowest BCUT2D eigenvalue weighted by Gasteiger charge is -2.35. The standard InChI is InChI=1S/C21H23N5O2/c1-16-4-2-5-17(14-16)15-23-21-22-8-7-19(24-21)25-9-11-26(12-10-25)20(27)18-6-3-13-28-18/h2-8,13-14H,9-12,15H2,1H3,(H,22,23,24). The Balaban J connectivity index is 1.35. The molecule has 0 bridgehead atoms. The highest BCUT2D eigenvalue weighted by Gasteiger charge is 2.24. The molecule has 28 heavy (non-hydrogen) atoms. The number of aromatic nitrogens is 2. The fourth-order valence-corrected chi connectivity index (χ4v) is 3.31. The second-order valence-electron chi connectivity index (χ2n) is 6.84. The number of hydrogen-bond acceptors (Lipinski definition) is 6. The maximum Gasteiger partial charge on any atom is 0.289 e. The molecule has 0 spiro atoms. The van der Waals surface area contributed by atoms with Gasteiger partial charge < -0.3 is 19.5 Å². The largest absolute Gasteiger partial charge is 0.459 e. The second-order valence-corrected chi connectivity index (χ2v) is 6.84. The number of anilines is 2. The number of benzene rings is 1. The number of piperazine rings is 1. The van der Waals surface area contributed by atoms with Crippen molar-refractivity contribution in [2.24, 2.45) is 0 Å². The summed E-state index contributed by atoms with van der Waals surface area (Å²) in [4.78, 5) is 25.3. The van der Waals surface area contributed by atoms with Crippen LogP contribution in [0.15, 0.2) is 59.3 Å². The Bertz CT molecular complexity index is 933. The Kier molecular flexibility index (Phi) is 5.23. The summed E-state index contributed by atoms with van der Waals surface area (Å²) in [5, 5.41) is 3.29. The minimum absolute atomic E-state index is 0.0622. The zero-order chi connectivity index (χ0) is 19.3. The summed E-state index contributed by atoms with van der Waals surface area (Å²) in [6.45, 7) is 5.47. The van der Waals surface area contributed by atoms with E-state index < -0.39 is 0 Å². The molecule has 1 aliphatic heterocycles. The fraction of sp³-hybridized carbons (Fsp3) is 0.286. The van der Waals surface area contributed by atoms with Crippen molar-refractivity contribution in [3.8, 4) is 0 Å². The smallest absolute Gasteiger partial charge is 0.289 e. The Morgan fingerprint density at radius 2 is 2.00 bits per heavy atom. The molecule has 0 saturated carbocycles. The first kappa shape index (κ1) is 18.0. The number of rotatable bonds is 5. The van der Waals surface area contributed by atoms with E-state index in [0.29, 0.717) is 31.3 Å². The van der Waals surface area contributed by atoms with Crippen molar-refractivity contribution in [3.05, 3.63) is 71.8 Å². The van der Waals surface area contributed by atoms with E-state index in [2.05, 4.69) is 45.3 Å². The molecule has 1 fully saturated rings. The molecule has 1 saturated heterocycles. The number of nitrogens with zero attached hydrogens (tertiary/aromatic N) is 4. The van der Waals surface area contributed by atoms with Crippen LogP contribution in [0.25, 0.3) is 0 Å². The van der Waals surface area contributed by atoms with E-state index in [1.54, 1.807) is 18.3 Å². The zero-order valence-corrected chi connectivity index (χ0v) is 15.8. The van der Waals surface area contributed by atoms with E-state index in [9.17, 15) is 4.79 Å². The summed E-state index contributed by atoms with van der Waals surface area (Å²) in [6.07, 6.45) is 3.29. The van der Waals surface area contributed by atoms with Gasteiger partial charge in [0.25, 0.3) is 5.91 Å². The van der Waals surface area contributed by atoms with Gasteiger partial charge in [0, 0.05) is 38.9 Å². The van der Waals surface area contributed by atoms with Crippen LogP contribution in [0.5, 0.6) is 0 Å². The molecular formula is C21H23N5O2. The van der Waals surface area contributed by atoms with Gasteiger partial charge in [-0.05, 0) is 30.7 Å². The van der Waals surface area contributed by atoms with Gasteiger partial charge in [-0.1, -0.05) is 29.8 Å². The minimum Gasteiger partial charge on any atom is -0.459 e. The van der Waals surface area contributed by atoms with E-state index in [4.69, 9.17) is 4.42 Å². The number of nitrogens with one attached hydrogen (secondary N) is 1. The van der Waals surface area contributed by atoms with Gasteiger partial charge in [-0.3, -0.25) is 4.79 Å². The van der Waals surface area contributed by atoms with Crippen LogP contribution in [-0.4, -0.2) is 47.0 Å². The number of amides is 1. The number of carbonyl (C=O) groups is 1. The van der Waals surface area contributed by atoms with Crippen molar-refractivity contribution in [1.82, 2.24) is 14.9 Å². The van der Waals surface area contributed by atoms with Crippen LogP contribution in [0.1, 0.15) is 21.7 Å². The van der Waals surface area contributed by atoms with Gasteiger partial charge in [0.15, 0.2) is 5.76 Å². The van der Waals surface area contributed by atoms with Crippen molar-refractivity contribution in [2.75, 3.05) is 36.4 Å². The molecule has 3 aromatic rings. The lowest BCUT2D eigenvalue weighted by Crippen LogP contribution is -2.49. The lowest BCUT2D eigenvalue weighted by molar-refractivity contribution is 0.0714. The van der Waals surface area contributed by atoms with Gasteiger partial charge >= 0.3 is 0 Å². The number of hydrogen-bond donors (Lipinski definition) is 1. The fourth-order valence-electron chi connectivity index (χ4n) is 3.31. The van der Waals surface area contributed by atoms with Crippen LogP contribution in [0.2, 0.25) is 0 Å². The van der Waals surface area contributed by atoms with Gasteiger partial charge in [0.1, 0.15) is 5.82 Å². The van der Waals surface area contributed by atoms with E-state index in [0.717, 1.165) is 18.9 Å². The molecule has 1 amide bonds. The van der Waals surface area contributed by atoms with Crippen molar-refractivity contribution >= 4 is 17.7 Å². The molecule has 7 heteroatoms. The van der Waals surface area contributed by atoms with Gasteiger partial charge in [0.05, 0.1) is 6.26 Å². The average Bonchev–Trinajstić information content (AvgIpc) is 3.27. The van der Waals surface area contributed by atoms with Gasteiger partial charge in [-0.2, -0.15) is 4.98 Å². The first-order chi connectivity index (χ1) is 13.7. The van der Waals surface area contributed by atoms with Crippen LogP contribution in [0, 0.1) is 6.92 Å². The summed E-state index contributed by atoms with van der Waals surface area (Å²) in [6, 6.07) is 13.7. The molecule has 2 aromatic heterocycles. The summed E-state index contributed by atoms with van der Waals surface area (Å²) in [5.41, 5.74) is 2.43. The lowest BCUT2D eigenvalue weighted by atomic mass is 10.1. The zero-order valence-electron chi connectivity index (χ0n) is 15.8. The highest BCUT2D eigenvalue weighted by atomic mass is 16.3. The van der Waals surface area contributed by atoms with E-state index in [1.165, 1.54) is 17.4 Å². The normalized spacial score (nSPS) is 14.2. The summed E-state index contributed by atoms with van der Waals surface area (Å²) >= 11 is 0. The first-order valence-corrected chi connectivity index (χ1v) is 9.39. The molecule has 1 aromatic carbocycles. The monoisotopic (exact) mass is 377 g/mol. The van der Waals surface area contributed by atoms with Crippen molar-refractivity contribution < 1.29 is 9.21 Å². The minimum atomic E-state index is -0.0622. The molecule has 7 nitrogen and oxygen atoms in total. The van der Waals surface area contributed by atoms with E-state index >= 15 is 0 Å². The molecule has 0 aliphatic carbocycles. The molecular weight excluding hydrogens is 354 g/mol. The number of carbonyl (C=O) groups excluding carboxylic acids is 1. The molecule has 1 N–H and O–H groups in total. The van der Waals surface area contributed by atoms with Crippen LogP contribution in [0.3, 0.4) is 0 Å². The van der Waals surface area contributed by atoms with Gasteiger partial charge in [-0.15, -0.1) is 0 Å². The topological polar surface area (TPSA) is 74.5 Å². The molecule has 0 unspecified atom stereocenters. The van der Waals surface area contributed by atoms with E-state index in [1.807, 2.05) is 17.0 Å². The Morgan fingerprint density at radius 3 is 2.75 bits per heavy atom. The second kappa shape index (κ2) is 8.12. The van der Waals surface area contributed by atoms with Crippen LogP contribution >= 0.6 is 0 Å². The quantitative estimate of drug-likeness (QED) is 0.737. The predicted octanol–water partition coefficient (Wildman–Crippen LogP) is 2.95. The van der Waals surface area contributed by atoms with Crippen molar-refractivity contribution in [1.29, 1.82) is 0 Å². The van der Waals surface area contributed by atoms with E-state index in [-0.39, 0.29) is 5.91 Å². The summed E-state index contributed by atoms with van der Waals surface area (Å²) < 4.78 is 5.21. The number of furan rings is 1. The van der Waals surface area contributed by atoms with Gasteiger partial charge in [0.2, 0.25) is 5.95 Å². The van der Waals surface area contributed by atoms with Crippen LogP contribution in [0.4, 0.5) is 11.8 Å². The first-order valence-electron chi connectivity index (χ1n) is 9.39. The van der Waals surface area contributed by atoms with Crippen LogP contribution < -0.4 is 10.2 Å². The molecule has 0 atom stereocenters. The van der Waals surface area contributed by atoms with Crippen molar-refractivity contribution in [2.45, 2.75) is 13.5 Å². The summed E-state index contributed by atoms with van der Waals surface area (Å²) in [5.74, 6) is 1.80. The third-order valence-electron chi connectivity index (χ3n) is 4.80. The Morgan fingerprint density at radius 1 is 1.14 bits per heavy atom. The molecule has 3 heterocycles.